The van der Waals surface area contributed by atoms with Crippen molar-refractivity contribution < 1.29 is 19.4 Å². The molecular formula is C23H30O4. The molecule has 4 aliphatic carbocycles. The molecule has 0 aromatic heterocycles. The van der Waals surface area contributed by atoms with Gasteiger partial charge in [0.2, 0.25) is 0 Å². The summed E-state index contributed by atoms with van der Waals surface area (Å²) < 4.78 is 5.19. The molecule has 0 radical (unpaired) electrons. The van der Waals surface area contributed by atoms with Gasteiger partial charge in [0.1, 0.15) is 6.61 Å². The standard InChI is InChI=1S/C23H30O4/c1-21-8-5-16(24)12-15(21)3-4-19-18(21)6-9-22(2)17(7-10-23(19,22)26)14-11-20(25)27-13-14/h11-12,17-19,26H,3-10,13H2,1-2H3/t17-,18+,19-,21+,22-,23+/m1/s1. The van der Waals surface area contributed by atoms with E-state index in [1.54, 1.807) is 6.08 Å². The fourth-order valence-corrected chi connectivity index (χ4v) is 7.71. The van der Waals surface area contributed by atoms with Crippen LogP contribution in [0.3, 0.4) is 0 Å². The molecule has 0 aromatic rings. The van der Waals surface area contributed by atoms with Gasteiger partial charge in [-0.15, -0.1) is 0 Å². The molecule has 1 aliphatic heterocycles. The van der Waals surface area contributed by atoms with Gasteiger partial charge in [0.25, 0.3) is 0 Å². The highest BCUT2D eigenvalue weighted by atomic mass is 16.5. The lowest BCUT2D eigenvalue weighted by molar-refractivity contribution is -0.181. The van der Waals surface area contributed by atoms with Crippen LogP contribution >= 0.6 is 0 Å². The first-order valence-corrected chi connectivity index (χ1v) is 10.6. The number of hydrogen-bond donors (Lipinski definition) is 1. The summed E-state index contributed by atoms with van der Waals surface area (Å²) in [4.78, 5) is 23.6. The van der Waals surface area contributed by atoms with Gasteiger partial charge in [-0.2, -0.15) is 0 Å². The average Bonchev–Trinajstić information content (AvgIpc) is 3.16. The Morgan fingerprint density at radius 1 is 1.00 bits per heavy atom. The minimum Gasteiger partial charge on any atom is -0.458 e. The second-order valence-electron chi connectivity index (χ2n) is 10.1. The Kier molecular flexibility index (Phi) is 3.64. The second kappa shape index (κ2) is 5.56. The first kappa shape index (κ1) is 17.7. The molecule has 5 rings (SSSR count). The number of ether oxygens (including phenoxy) is 1. The third-order valence-electron chi connectivity index (χ3n) is 9.28. The summed E-state index contributed by atoms with van der Waals surface area (Å²) in [5, 5.41) is 12.1. The first-order valence-electron chi connectivity index (χ1n) is 10.6. The van der Waals surface area contributed by atoms with Gasteiger partial charge in [-0.3, -0.25) is 4.79 Å². The number of fused-ring (bicyclic) bond motifs is 5. The number of aliphatic hydroxyl groups is 1. The Balaban J connectivity index is 1.51. The lowest BCUT2D eigenvalue weighted by atomic mass is 9.45. The van der Waals surface area contributed by atoms with E-state index in [-0.39, 0.29) is 34.4 Å². The van der Waals surface area contributed by atoms with Crippen LogP contribution in [0.25, 0.3) is 0 Å². The zero-order valence-corrected chi connectivity index (χ0v) is 16.4. The van der Waals surface area contributed by atoms with Gasteiger partial charge in [0.15, 0.2) is 5.78 Å². The monoisotopic (exact) mass is 370 g/mol. The minimum absolute atomic E-state index is 0.0671. The molecule has 146 valence electrons. The number of carbonyl (C=O) groups is 2. The van der Waals surface area contributed by atoms with Crippen molar-refractivity contribution in [1.82, 2.24) is 0 Å². The third-order valence-corrected chi connectivity index (χ3v) is 9.28. The third kappa shape index (κ3) is 2.19. The molecule has 0 unspecified atom stereocenters. The van der Waals surface area contributed by atoms with Crippen molar-refractivity contribution in [3.05, 3.63) is 23.3 Å². The zero-order chi connectivity index (χ0) is 19.0. The number of hydrogen-bond acceptors (Lipinski definition) is 4. The van der Waals surface area contributed by atoms with Crippen LogP contribution in [0, 0.1) is 28.6 Å². The summed E-state index contributed by atoms with van der Waals surface area (Å²) in [6.07, 6.45) is 10.9. The Labute approximate surface area is 161 Å². The van der Waals surface area contributed by atoms with E-state index in [1.807, 2.05) is 6.08 Å². The fraction of sp³-hybridized carbons (Fsp3) is 0.739. The van der Waals surface area contributed by atoms with Crippen molar-refractivity contribution in [3.8, 4) is 0 Å². The van der Waals surface area contributed by atoms with Gasteiger partial charge < -0.3 is 9.84 Å². The number of allylic oxidation sites excluding steroid dienone is 1. The van der Waals surface area contributed by atoms with Gasteiger partial charge in [0.05, 0.1) is 5.60 Å². The molecule has 0 saturated heterocycles. The van der Waals surface area contributed by atoms with E-state index in [0.29, 0.717) is 18.9 Å². The van der Waals surface area contributed by atoms with E-state index in [4.69, 9.17) is 4.74 Å². The first-order chi connectivity index (χ1) is 12.8. The smallest absolute Gasteiger partial charge is 0.331 e. The van der Waals surface area contributed by atoms with Gasteiger partial charge in [-0.25, -0.2) is 4.79 Å². The largest absolute Gasteiger partial charge is 0.458 e. The molecule has 0 amide bonds. The van der Waals surface area contributed by atoms with E-state index in [2.05, 4.69) is 13.8 Å². The average molecular weight is 370 g/mol. The predicted molar refractivity (Wildman–Crippen MR) is 101 cm³/mol. The van der Waals surface area contributed by atoms with E-state index in [9.17, 15) is 14.7 Å². The van der Waals surface area contributed by atoms with E-state index in [1.165, 1.54) is 5.57 Å². The maximum absolute atomic E-state index is 12.1. The molecule has 1 heterocycles. The maximum Gasteiger partial charge on any atom is 0.331 e. The molecule has 4 heteroatoms. The Hall–Kier alpha value is -1.42. The lowest BCUT2D eigenvalue weighted by Gasteiger charge is -2.61. The molecule has 6 atom stereocenters. The molecule has 5 aliphatic rings. The van der Waals surface area contributed by atoms with Crippen LogP contribution < -0.4 is 0 Å². The van der Waals surface area contributed by atoms with Crippen molar-refractivity contribution in [3.63, 3.8) is 0 Å². The zero-order valence-electron chi connectivity index (χ0n) is 16.4. The van der Waals surface area contributed by atoms with Crippen molar-refractivity contribution >= 4 is 11.8 Å². The van der Waals surface area contributed by atoms with Crippen LogP contribution in [0.15, 0.2) is 23.3 Å². The van der Waals surface area contributed by atoms with Crippen LogP contribution in [0.2, 0.25) is 0 Å². The molecular weight excluding hydrogens is 340 g/mol. The van der Waals surface area contributed by atoms with Crippen LogP contribution in [-0.4, -0.2) is 29.1 Å². The second-order valence-corrected chi connectivity index (χ2v) is 10.1. The Morgan fingerprint density at radius 3 is 2.56 bits per heavy atom. The van der Waals surface area contributed by atoms with Crippen molar-refractivity contribution in [2.24, 2.45) is 28.6 Å². The number of ketones is 1. The molecule has 0 bridgehead atoms. The fourth-order valence-electron chi connectivity index (χ4n) is 7.71. The molecule has 1 N–H and O–H groups in total. The highest BCUT2D eigenvalue weighted by Crippen LogP contribution is 2.69. The normalized spacial score (nSPS) is 48.9. The van der Waals surface area contributed by atoms with Gasteiger partial charge in [0, 0.05) is 17.9 Å². The quantitative estimate of drug-likeness (QED) is 0.714. The molecule has 3 fully saturated rings. The summed E-state index contributed by atoms with van der Waals surface area (Å²) in [6, 6.07) is 0. The number of rotatable bonds is 1. The Bertz CT molecular complexity index is 779. The number of esters is 1. The molecule has 3 saturated carbocycles. The van der Waals surface area contributed by atoms with Crippen LogP contribution in [-0.2, 0) is 14.3 Å². The van der Waals surface area contributed by atoms with Gasteiger partial charge in [-0.05, 0) is 79.8 Å². The molecule has 0 spiro atoms. The highest BCUT2D eigenvalue weighted by molar-refractivity contribution is 5.91. The predicted octanol–water partition coefficient (Wildman–Crippen LogP) is 3.73. The Morgan fingerprint density at radius 2 is 1.81 bits per heavy atom. The number of cyclic esters (lactones) is 1. The van der Waals surface area contributed by atoms with Gasteiger partial charge in [-0.1, -0.05) is 19.4 Å². The highest BCUT2D eigenvalue weighted by Gasteiger charge is 2.67. The SMILES string of the molecule is C[C@]12CCC(=O)C=C1CC[C@@H]1[C@@H]2CC[C@]2(C)[C@@H](C3=CC(=O)OC3)CC[C@]12O. The minimum atomic E-state index is -0.678. The van der Waals surface area contributed by atoms with E-state index < -0.39 is 5.60 Å². The van der Waals surface area contributed by atoms with Crippen molar-refractivity contribution in [2.45, 2.75) is 70.8 Å². The van der Waals surface area contributed by atoms with Crippen LogP contribution in [0.5, 0.6) is 0 Å². The summed E-state index contributed by atoms with van der Waals surface area (Å²) >= 11 is 0. The topological polar surface area (TPSA) is 63.6 Å². The van der Waals surface area contributed by atoms with Gasteiger partial charge >= 0.3 is 5.97 Å². The van der Waals surface area contributed by atoms with Crippen molar-refractivity contribution in [1.29, 1.82) is 0 Å². The number of carbonyl (C=O) groups excluding carboxylic acids is 2. The lowest BCUT2D eigenvalue weighted by Crippen LogP contribution is -2.60. The molecule has 27 heavy (non-hydrogen) atoms. The van der Waals surface area contributed by atoms with Crippen LogP contribution in [0.4, 0.5) is 0 Å². The van der Waals surface area contributed by atoms with E-state index >= 15 is 0 Å². The van der Waals surface area contributed by atoms with Crippen LogP contribution in [0.1, 0.15) is 65.2 Å². The van der Waals surface area contributed by atoms with E-state index in [0.717, 1.165) is 50.5 Å². The molecule has 4 nitrogen and oxygen atoms in total. The summed E-state index contributed by atoms with van der Waals surface area (Å²) in [5.41, 5.74) is 1.62. The summed E-state index contributed by atoms with van der Waals surface area (Å²) in [5.74, 6) is 1.03. The molecule has 0 aromatic carbocycles. The van der Waals surface area contributed by atoms with Crippen molar-refractivity contribution in [2.75, 3.05) is 6.61 Å². The summed E-state index contributed by atoms with van der Waals surface area (Å²) in [6.45, 7) is 4.99. The maximum atomic E-state index is 12.1. The summed E-state index contributed by atoms with van der Waals surface area (Å²) in [7, 11) is 0.